The molecule has 0 saturated carbocycles. The van der Waals surface area contributed by atoms with E-state index < -0.39 is 0 Å². The van der Waals surface area contributed by atoms with Crippen LogP contribution in [0, 0.1) is 0 Å². The summed E-state index contributed by atoms with van der Waals surface area (Å²) in [6, 6.07) is 24.1. The SMILES string of the molecule is Clc1ccccc1CNc1ccc(-c2nc3ccccc3[nH]2)cc1. The number of aromatic nitrogens is 2. The van der Waals surface area contributed by atoms with E-state index in [1.807, 2.05) is 48.5 Å². The number of nitrogens with zero attached hydrogens (tertiary/aromatic N) is 1. The number of anilines is 1. The predicted molar refractivity (Wildman–Crippen MR) is 100 cm³/mol. The molecule has 1 aromatic heterocycles. The van der Waals surface area contributed by atoms with Gasteiger partial charge in [0.05, 0.1) is 11.0 Å². The van der Waals surface area contributed by atoms with E-state index in [-0.39, 0.29) is 0 Å². The first-order valence-electron chi connectivity index (χ1n) is 7.82. The van der Waals surface area contributed by atoms with E-state index in [1.165, 1.54) is 0 Å². The first kappa shape index (κ1) is 14.8. The number of fused-ring (bicyclic) bond motifs is 1. The number of benzene rings is 3. The minimum atomic E-state index is 0.698. The van der Waals surface area contributed by atoms with Crippen LogP contribution >= 0.6 is 11.6 Å². The Morgan fingerprint density at radius 3 is 2.42 bits per heavy atom. The smallest absolute Gasteiger partial charge is 0.138 e. The molecule has 0 amide bonds. The zero-order chi connectivity index (χ0) is 16.4. The average Bonchev–Trinajstić information content (AvgIpc) is 3.06. The van der Waals surface area contributed by atoms with E-state index in [2.05, 4.69) is 39.6 Å². The lowest BCUT2D eigenvalue weighted by atomic mass is 10.2. The van der Waals surface area contributed by atoms with Gasteiger partial charge in [0.15, 0.2) is 0 Å². The summed E-state index contributed by atoms with van der Waals surface area (Å²) in [7, 11) is 0. The Kier molecular flexibility index (Phi) is 3.93. The second-order valence-corrected chi connectivity index (χ2v) is 6.03. The van der Waals surface area contributed by atoms with Crippen molar-refractivity contribution in [3.63, 3.8) is 0 Å². The zero-order valence-corrected chi connectivity index (χ0v) is 13.7. The lowest BCUT2D eigenvalue weighted by molar-refractivity contribution is 1.15. The summed E-state index contributed by atoms with van der Waals surface area (Å²) in [5.41, 5.74) is 5.23. The zero-order valence-electron chi connectivity index (χ0n) is 13.0. The second kappa shape index (κ2) is 6.38. The van der Waals surface area contributed by atoms with Crippen molar-refractivity contribution in [2.45, 2.75) is 6.54 Å². The summed E-state index contributed by atoms with van der Waals surface area (Å²) >= 11 is 6.18. The molecule has 0 bridgehead atoms. The molecule has 4 aromatic rings. The normalized spacial score (nSPS) is 10.9. The third-order valence-corrected chi connectivity index (χ3v) is 4.36. The van der Waals surface area contributed by atoms with E-state index >= 15 is 0 Å². The fourth-order valence-electron chi connectivity index (χ4n) is 2.67. The van der Waals surface area contributed by atoms with Crippen molar-refractivity contribution in [3.8, 4) is 11.4 Å². The summed E-state index contributed by atoms with van der Waals surface area (Å²) in [4.78, 5) is 7.97. The number of para-hydroxylation sites is 2. The van der Waals surface area contributed by atoms with Gasteiger partial charge in [-0.2, -0.15) is 0 Å². The minimum absolute atomic E-state index is 0.698. The van der Waals surface area contributed by atoms with Crippen LogP contribution in [0.3, 0.4) is 0 Å². The Balaban J connectivity index is 1.51. The fraction of sp³-hybridized carbons (Fsp3) is 0.0500. The van der Waals surface area contributed by atoms with Gasteiger partial charge in [-0.15, -0.1) is 0 Å². The average molecular weight is 334 g/mol. The molecule has 0 atom stereocenters. The van der Waals surface area contributed by atoms with Crippen LogP contribution in [0.25, 0.3) is 22.4 Å². The number of hydrogen-bond donors (Lipinski definition) is 2. The fourth-order valence-corrected chi connectivity index (χ4v) is 2.88. The van der Waals surface area contributed by atoms with Gasteiger partial charge >= 0.3 is 0 Å². The summed E-state index contributed by atoms with van der Waals surface area (Å²) in [6.07, 6.45) is 0. The lowest BCUT2D eigenvalue weighted by Crippen LogP contribution is -1.99. The molecule has 1 heterocycles. The first-order chi connectivity index (χ1) is 11.8. The minimum Gasteiger partial charge on any atom is -0.381 e. The van der Waals surface area contributed by atoms with Crippen molar-refractivity contribution in [1.82, 2.24) is 9.97 Å². The molecule has 4 heteroatoms. The van der Waals surface area contributed by atoms with Gasteiger partial charge in [0, 0.05) is 22.8 Å². The molecule has 0 radical (unpaired) electrons. The molecule has 0 saturated heterocycles. The van der Waals surface area contributed by atoms with Gasteiger partial charge < -0.3 is 10.3 Å². The predicted octanol–water partition coefficient (Wildman–Crippen LogP) is 5.50. The number of imidazole rings is 1. The molecule has 0 aliphatic rings. The lowest BCUT2D eigenvalue weighted by Gasteiger charge is -2.08. The largest absolute Gasteiger partial charge is 0.381 e. The van der Waals surface area contributed by atoms with E-state index in [4.69, 9.17) is 11.6 Å². The Labute approximate surface area is 145 Å². The number of H-pyrrole nitrogens is 1. The third-order valence-electron chi connectivity index (χ3n) is 3.99. The molecule has 24 heavy (non-hydrogen) atoms. The molecule has 4 rings (SSSR count). The van der Waals surface area contributed by atoms with Crippen LogP contribution in [0.15, 0.2) is 72.8 Å². The third kappa shape index (κ3) is 2.99. The van der Waals surface area contributed by atoms with Crippen LogP contribution in [0.4, 0.5) is 5.69 Å². The highest BCUT2D eigenvalue weighted by molar-refractivity contribution is 6.31. The molecule has 0 spiro atoms. The Morgan fingerprint density at radius 2 is 1.62 bits per heavy atom. The molecule has 0 aliphatic heterocycles. The maximum atomic E-state index is 6.18. The van der Waals surface area contributed by atoms with E-state index in [0.717, 1.165) is 38.7 Å². The molecule has 2 N–H and O–H groups in total. The second-order valence-electron chi connectivity index (χ2n) is 5.62. The summed E-state index contributed by atoms with van der Waals surface area (Å²) in [5.74, 6) is 0.883. The monoisotopic (exact) mass is 333 g/mol. The van der Waals surface area contributed by atoms with Crippen LogP contribution in [0.5, 0.6) is 0 Å². The van der Waals surface area contributed by atoms with E-state index in [0.29, 0.717) is 6.54 Å². The quantitative estimate of drug-likeness (QED) is 0.518. The summed E-state index contributed by atoms with van der Waals surface area (Å²) < 4.78 is 0. The van der Waals surface area contributed by atoms with Crippen molar-refractivity contribution in [1.29, 1.82) is 0 Å². The molecular formula is C20H16ClN3. The van der Waals surface area contributed by atoms with Crippen LogP contribution < -0.4 is 5.32 Å². The van der Waals surface area contributed by atoms with Crippen LogP contribution in [-0.2, 0) is 6.54 Å². The first-order valence-corrected chi connectivity index (χ1v) is 8.20. The van der Waals surface area contributed by atoms with Gasteiger partial charge in [-0.25, -0.2) is 4.98 Å². The van der Waals surface area contributed by atoms with Gasteiger partial charge in [-0.05, 0) is 48.0 Å². The maximum absolute atomic E-state index is 6.18. The Bertz CT molecular complexity index is 941. The highest BCUT2D eigenvalue weighted by atomic mass is 35.5. The number of rotatable bonds is 4. The molecule has 118 valence electrons. The maximum Gasteiger partial charge on any atom is 0.138 e. The standard InChI is InChI=1S/C20H16ClN3/c21-17-6-2-1-5-15(17)13-22-16-11-9-14(10-12-16)20-23-18-7-3-4-8-19(18)24-20/h1-12,22H,13H2,(H,23,24). The highest BCUT2D eigenvalue weighted by Crippen LogP contribution is 2.23. The van der Waals surface area contributed by atoms with Crippen molar-refractivity contribution in [2.24, 2.45) is 0 Å². The molecule has 3 aromatic carbocycles. The number of aromatic amines is 1. The topological polar surface area (TPSA) is 40.7 Å². The highest BCUT2D eigenvalue weighted by Gasteiger charge is 2.05. The van der Waals surface area contributed by atoms with Gasteiger partial charge in [0.2, 0.25) is 0 Å². The van der Waals surface area contributed by atoms with Crippen LogP contribution in [-0.4, -0.2) is 9.97 Å². The summed E-state index contributed by atoms with van der Waals surface area (Å²) in [5, 5.41) is 4.17. The summed E-state index contributed by atoms with van der Waals surface area (Å²) in [6.45, 7) is 0.698. The van der Waals surface area contributed by atoms with Crippen molar-refractivity contribution in [3.05, 3.63) is 83.4 Å². The van der Waals surface area contributed by atoms with Crippen molar-refractivity contribution < 1.29 is 0 Å². The van der Waals surface area contributed by atoms with Gasteiger partial charge in [-0.3, -0.25) is 0 Å². The Morgan fingerprint density at radius 1 is 0.875 bits per heavy atom. The number of nitrogens with one attached hydrogen (secondary N) is 2. The number of halogens is 1. The Hall–Kier alpha value is -2.78. The molecule has 3 nitrogen and oxygen atoms in total. The van der Waals surface area contributed by atoms with Gasteiger partial charge in [-0.1, -0.05) is 41.9 Å². The molecule has 0 fully saturated rings. The van der Waals surface area contributed by atoms with Crippen LogP contribution in [0.2, 0.25) is 5.02 Å². The van der Waals surface area contributed by atoms with Crippen molar-refractivity contribution in [2.75, 3.05) is 5.32 Å². The van der Waals surface area contributed by atoms with Crippen LogP contribution in [0.1, 0.15) is 5.56 Å². The van der Waals surface area contributed by atoms with Gasteiger partial charge in [0.1, 0.15) is 5.82 Å². The van der Waals surface area contributed by atoms with E-state index in [1.54, 1.807) is 0 Å². The molecule has 0 aliphatic carbocycles. The van der Waals surface area contributed by atoms with Gasteiger partial charge in [0.25, 0.3) is 0 Å². The van der Waals surface area contributed by atoms with E-state index in [9.17, 15) is 0 Å². The van der Waals surface area contributed by atoms with Crippen molar-refractivity contribution >= 4 is 28.3 Å². The molecule has 0 unspecified atom stereocenters. The molecular weight excluding hydrogens is 318 g/mol. The number of hydrogen-bond acceptors (Lipinski definition) is 2.